The molecular weight excluding hydrogens is 298 g/mol. The number of aliphatic carboxylic acids is 1. The minimum absolute atomic E-state index is 0.0364. The molecule has 2 aliphatic heterocycles. The summed E-state index contributed by atoms with van der Waals surface area (Å²) in [4.78, 5) is 11.3. The number of benzene rings is 1. The van der Waals surface area contributed by atoms with Crippen LogP contribution in [0.3, 0.4) is 0 Å². The lowest BCUT2D eigenvalue weighted by molar-refractivity contribution is -0.142. The number of carbonyl (C=O) groups is 1. The molecule has 2 heterocycles. The zero-order valence-electron chi connectivity index (χ0n) is 11.2. The molecule has 8 heteroatoms. The maximum atomic E-state index is 12.8. The fourth-order valence-corrected chi connectivity index (χ4v) is 4.47. The highest BCUT2D eigenvalue weighted by Crippen LogP contribution is 2.40. The second kappa shape index (κ2) is 5.19. The number of fused-ring (bicyclic) bond motifs is 1. The van der Waals surface area contributed by atoms with Crippen LogP contribution in [0.2, 0.25) is 0 Å². The molecule has 0 radical (unpaired) electrons. The predicted octanol–water partition coefficient (Wildman–Crippen LogP) is 1.04. The van der Waals surface area contributed by atoms with Crippen molar-refractivity contribution in [3.8, 4) is 11.5 Å². The first kappa shape index (κ1) is 14.2. The molecule has 1 aromatic rings. The van der Waals surface area contributed by atoms with E-state index in [4.69, 9.17) is 9.47 Å². The molecule has 1 saturated heterocycles. The molecule has 1 fully saturated rings. The Kier molecular flexibility index (Phi) is 3.50. The van der Waals surface area contributed by atoms with Crippen LogP contribution in [-0.4, -0.2) is 43.2 Å². The van der Waals surface area contributed by atoms with Gasteiger partial charge in [0.1, 0.15) is 10.9 Å². The third-order valence-corrected chi connectivity index (χ3v) is 5.62. The molecule has 1 aromatic carbocycles. The van der Waals surface area contributed by atoms with Crippen molar-refractivity contribution in [2.45, 2.75) is 30.2 Å². The molecule has 1 atom stereocenters. The standard InChI is InChI=1S/C13H15NO6S/c15-13(16)9-4-1-2-7-14(9)21(17,18)11-6-3-5-10-12(11)20-8-19-10/h3,5-6,9H,1-2,4,7-8H2,(H,15,16). The summed E-state index contributed by atoms with van der Waals surface area (Å²) < 4.78 is 37.0. The van der Waals surface area contributed by atoms with Crippen molar-refractivity contribution in [3.05, 3.63) is 18.2 Å². The lowest BCUT2D eigenvalue weighted by atomic mass is 10.1. The van der Waals surface area contributed by atoms with E-state index in [0.717, 1.165) is 4.31 Å². The molecule has 21 heavy (non-hydrogen) atoms. The van der Waals surface area contributed by atoms with Crippen LogP contribution in [0, 0.1) is 0 Å². The van der Waals surface area contributed by atoms with E-state index in [0.29, 0.717) is 25.0 Å². The van der Waals surface area contributed by atoms with Gasteiger partial charge in [-0.25, -0.2) is 8.42 Å². The fourth-order valence-electron chi connectivity index (χ4n) is 2.67. The van der Waals surface area contributed by atoms with Crippen LogP contribution in [0.1, 0.15) is 19.3 Å². The average Bonchev–Trinajstić information content (AvgIpc) is 2.95. The van der Waals surface area contributed by atoms with Crippen molar-refractivity contribution in [1.29, 1.82) is 0 Å². The summed E-state index contributed by atoms with van der Waals surface area (Å²) in [6.45, 7) is 0.161. The van der Waals surface area contributed by atoms with E-state index in [1.807, 2.05) is 0 Å². The van der Waals surface area contributed by atoms with Crippen molar-refractivity contribution in [3.63, 3.8) is 0 Å². The zero-order valence-corrected chi connectivity index (χ0v) is 12.0. The largest absolute Gasteiger partial charge is 0.480 e. The summed E-state index contributed by atoms with van der Waals surface area (Å²) in [5, 5.41) is 9.25. The van der Waals surface area contributed by atoms with Crippen molar-refractivity contribution in [2.75, 3.05) is 13.3 Å². The third kappa shape index (κ3) is 2.34. The third-order valence-electron chi connectivity index (χ3n) is 3.69. The van der Waals surface area contributed by atoms with E-state index >= 15 is 0 Å². The topological polar surface area (TPSA) is 93.1 Å². The SMILES string of the molecule is O=C(O)C1CCCCN1S(=O)(=O)c1cccc2c1OCO2. The molecule has 114 valence electrons. The zero-order chi connectivity index (χ0) is 15.0. The van der Waals surface area contributed by atoms with Crippen LogP contribution in [0.4, 0.5) is 0 Å². The summed E-state index contributed by atoms with van der Waals surface area (Å²) >= 11 is 0. The Morgan fingerprint density at radius 1 is 1.29 bits per heavy atom. The summed E-state index contributed by atoms with van der Waals surface area (Å²) in [5.41, 5.74) is 0. The monoisotopic (exact) mass is 313 g/mol. The molecule has 7 nitrogen and oxygen atoms in total. The van der Waals surface area contributed by atoms with Crippen molar-refractivity contribution in [2.24, 2.45) is 0 Å². The summed E-state index contributed by atoms with van der Waals surface area (Å²) in [7, 11) is -3.93. The highest BCUT2D eigenvalue weighted by atomic mass is 32.2. The van der Waals surface area contributed by atoms with Gasteiger partial charge < -0.3 is 14.6 Å². The van der Waals surface area contributed by atoms with E-state index in [1.54, 1.807) is 12.1 Å². The predicted molar refractivity (Wildman–Crippen MR) is 71.7 cm³/mol. The summed E-state index contributed by atoms with van der Waals surface area (Å²) in [5.74, 6) is -0.602. The molecule has 2 aliphatic rings. The van der Waals surface area contributed by atoms with E-state index in [9.17, 15) is 18.3 Å². The fraction of sp³-hybridized carbons (Fsp3) is 0.462. The van der Waals surface area contributed by atoms with Gasteiger partial charge in [0.05, 0.1) is 0 Å². The minimum atomic E-state index is -3.93. The van der Waals surface area contributed by atoms with Crippen LogP contribution in [0.15, 0.2) is 23.1 Å². The Hall–Kier alpha value is -1.80. The summed E-state index contributed by atoms with van der Waals surface area (Å²) in [6, 6.07) is 3.56. The van der Waals surface area contributed by atoms with Gasteiger partial charge in [0.15, 0.2) is 11.5 Å². The first-order valence-corrected chi connectivity index (χ1v) is 8.09. The first-order chi connectivity index (χ1) is 10.0. The van der Waals surface area contributed by atoms with Gasteiger partial charge in [0, 0.05) is 6.54 Å². The van der Waals surface area contributed by atoms with Gasteiger partial charge in [0.2, 0.25) is 16.8 Å². The average molecular weight is 313 g/mol. The molecule has 0 aromatic heterocycles. The number of rotatable bonds is 3. The van der Waals surface area contributed by atoms with Crippen LogP contribution in [0.5, 0.6) is 11.5 Å². The molecule has 0 spiro atoms. The maximum Gasteiger partial charge on any atom is 0.322 e. The van der Waals surface area contributed by atoms with E-state index in [1.165, 1.54) is 6.07 Å². The molecular formula is C13H15NO6S. The second-order valence-electron chi connectivity index (χ2n) is 4.96. The number of carboxylic acid groups (broad SMARTS) is 1. The Morgan fingerprint density at radius 2 is 2.10 bits per heavy atom. The Bertz CT molecular complexity index is 671. The number of ether oxygens (including phenoxy) is 2. The van der Waals surface area contributed by atoms with Gasteiger partial charge in [-0.15, -0.1) is 0 Å². The normalized spacial score (nSPS) is 22.2. The lowest BCUT2D eigenvalue weighted by Gasteiger charge is -2.32. The molecule has 0 amide bonds. The number of piperidine rings is 1. The van der Waals surface area contributed by atoms with Crippen LogP contribution in [0.25, 0.3) is 0 Å². The number of para-hydroxylation sites is 1. The first-order valence-electron chi connectivity index (χ1n) is 6.65. The highest BCUT2D eigenvalue weighted by molar-refractivity contribution is 7.89. The number of sulfonamides is 1. The van der Waals surface area contributed by atoms with Gasteiger partial charge in [0.25, 0.3) is 0 Å². The number of nitrogens with zero attached hydrogens (tertiary/aromatic N) is 1. The molecule has 0 aliphatic carbocycles. The Labute approximate surface area is 122 Å². The van der Waals surface area contributed by atoms with Crippen LogP contribution < -0.4 is 9.47 Å². The molecule has 0 saturated carbocycles. The van der Waals surface area contributed by atoms with Crippen LogP contribution in [-0.2, 0) is 14.8 Å². The van der Waals surface area contributed by atoms with Gasteiger partial charge in [-0.05, 0) is 31.4 Å². The summed E-state index contributed by atoms with van der Waals surface area (Å²) in [6.07, 6.45) is 1.67. The van der Waals surface area contributed by atoms with Gasteiger partial charge >= 0.3 is 5.97 Å². The lowest BCUT2D eigenvalue weighted by Crippen LogP contribution is -2.47. The second-order valence-corrected chi connectivity index (χ2v) is 6.81. The number of carboxylic acids is 1. The van der Waals surface area contributed by atoms with Crippen molar-refractivity contribution in [1.82, 2.24) is 4.31 Å². The van der Waals surface area contributed by atoms with E-state index in [2.05, 4.69) is 0 Å². The molecule has 1 N–H and O–H groups in total. The van der Waals surface area contributed by atoms with Gasteiger partial charge in [-0.2, -0.15) is 4.31 Å². The number of hydrogen-bond donors (Lipinski definition) is 1. The van der Waals surface area contributed by atoms with Gasteiger partial charge in [-0.1, -0.05) is 6.07 Å². The van der Waals surface area contributed by atoms with E-state index in [-0.39, 0.29) is 24.0 Å². The highest BCUT2D eigenvalue weighted by Gasteiger charge is 2.40. The minimum Gasteiger partial charge on any atom is -0.480 e. The molecule has 3 rings (SSSR count). The quantitative estimate of drug-likeness (QED) is 0.896. The van der Waals surface area contributed by atoms with Crippen molar-refractivity contribution >= 4 is 16.0 Å². The van der Waals surface area contributed by atoms with Crippen LogP contribution >= 0.6 is 0 Å². The van der Waals surface area contributed by atoms with E-state index < -0.39 is 22.0 Å². The molecule has 0 bridgehead atoms. The Balaban J connectivity index is 2.04. The van der Waals surface area contributed by atoms with Gasteiger partial charge in [-0.3, -0.25) is 4.79 Å². The number of hydrogen-bond acceptors (Lipinski definition) is 5. The Morgan fingerprint density at radius 3 is 2.86 bits per heavy atom. The molecule has 1 unspecified atom stereocenters. The smallest absolute Gasteiger partial charge is 0.322 e. The maximum absolute atomic E-state index is 12.8. The van der Waals surface area contributed by atoms with Crippen molar-refractivity contribution < 1.29 is 27.8 Å².